The van der Waals surface area contributed by atoms with Gasteiger partial charge in [-0.1, -0.05) is 146 Å². The van der Waals surface area contributed by atoms with Crippen LogP contribution in [0.25, 0.3) is 89.5 Å². The molecule has 1 aliphatic rings. The number of hydrogen-bond donors (Lipinski definition) is 0. The first-order valence-corrected chi connectivity index (χ1v) is 17.5. The highest BCUT2D eigenvalue weighted by molar-refractivity contribution is 6.14. The topological polar surface area (TPSA) is 61.0 Å². The SMILES string of the molecule is c1ccc(-c2nc(-c3ccccc3)nc(-c3cccc(-c4cccc5oc6ccccc6c45)c3-c3ccc4c(c3)CCOc3ccccc3-4)n2)cc1. The van der Waals surface area contributed by atoms with E-state index < -0.39 is 0 Å². The van der Waals surface area contributed by atoms with Crippen molar-refractivity contribution in [3.05, 3.63) is 169 Å². The van der Waals surface area contributed by atoms with E-state index in [9.17, 15) is 0 Å². The molecule has 0 spiro atoms. The Morgan fingerprint density at radius 1 is 0.423 bits per heavy atom. The van der Waals surface area contributed by atoms with Gasteiger partial charge in [0.05, 0.1) is 6.61 Å². The number of rotatable bonds is 5. The Bertz CT molecular complexity index is 2710. The van der Waals surface area contributed by atoms with Gasteiger partial charge in [-0.2, -0.15) is 0 Å². The van der Waals surface area contributed by atoms with Crippen LogP contribution in [0.3, 0.4) is 0 Å². The third kappa shape index (κ3) is 5.14. The minimum atomic E-state index is 0.608. The van der Waals surface area contributed by atoms with E-state index in [0.29, 0.717) is 24.1 Å². The molecule has 0 unspecified atom stereocenters. The molecule has 0 saturated carbocycles. The van der Waals surface area contributed by atoms with Crippen LogP contribution in [0.15, 0.2) is 168 Å². The third-order valence-corrected chi connectivity index (χ3v) is 9.90. The summed E-state index contributed by atoms with van der Waals surface area (Å²) in [5, 5.41) is 2.16. The average Bonchev–Trinajstić information content (AvgIpc) is 3.50. The van der Waals surface area contributed by atoms with E-state index in [0.717, 1.165) is 78.6 Å². The third-order valence-electron chi connectivity index (χ3n) is 9.90. The highest BCUT2D eigenvalue weighted by atomic mass is 16.5. The normalized spacial score (nSPS) is 12.2. The zero-order chi connectivity index (χ0) is 34.4. The molecular weight excluding hydrogens is 639 g/mol. The van der Waals surface area contributed by atoms with E-state index in [2.05, 4.69) is 78.9 Å². The van der Waals surface area contributed by atoms with Crippen LogP contribution in [-0.4, -0.2) is 21.6 Å². The summed E-state index contributed by atoms with van der Waals surface area (Å²) in [6.45, 7) is 0.608. The molecule has 0 aliphatic carbocycles. The van der Waals surface area contributed by atoms with Crippen molar-refractivity contribution in [2.75, 3.05) is 6.61 Å². The number of furan rings is 1. The molecule has 0 atom stereocenters. The van der Waals surface area contributed by atoms with Gasteiger partial charge in [-0.25, -0.2) is 15.0 Å². The number of aromatic nitrogens is 3. The Balaban J connectivity index is 1.27. The Hall–Kier alpha value is -6.85. The van der Waals surface area contributed by atoms with Crippen LogP contribution < -0.4 is 4.74 Å². The van der Waals surface area contributed by atoms with Crippen molar-refractivity contribution in [2.45, 2.75) is 6.42 Å². The molecule has 7 aromatic carbocycles. The number of benzene rings is 7. The molecule has 0 amide bonds. The van der Waals surface area contributed by atoms with Crippen molar-refractivity contribution < 1.29 is 9.15 Å². The monoisotopic (exact) mass is 669 g/mol. The van der Waals surface area contributed by atoms with Crippen molar-refractivity contribution in [2.24, 2.45) is 0 Å². The predicted octanol–water partition coefficient (Wildman–Crippen LogP) is 11.7. The van der Waals surface area contributed by atoms with Crippen LogP contribution in [0.5, 0.6) is 5.75 Å². The second-order valence-corrected chi connectivity index (χ2v) is 13.0. The Morgan fingerprint density at radius 2 is 1.04 bits per heavy atom. The first-order chi connectivity index (χ1) is 25.8. The van der Waals surface area contributed by atoms with Gasteiger partial charge in [0.15, 0.2) is 17.5 Å². The summed E-state index contributed by atoms with van der Waals surface area (Å²) in [4.78, 5) is 15.4. The largest absolute Gasteiger partial charge is 0.493 e. The van der Waals surface area contributed by atoms with Gasteiger partial charge in [-0.15, -0.1) is 0 Å². The van der Waals surface area contributed by atoms with Gasteiger partial charge in [0.2, 0.25) is 0 Å². The second kappa shape index (κ2) is 12.5. The van der Waals surface area contributed by atoms with Crippen LogP contribution in [0.1, 0.15) is 5.56 Å². The molecule has 52 heavy (non-hydrogen) atoms. The highest BCUT2D eigenvalue weighted by Gasteiger charge is 2.23. The zero-order valence-corrected chi connectivity index (χ0v) is 28.2. The van der Waals surface area contributed by atoms with Gasteiger partial charge in [0.1, 0.15) is 16.9 Å². The van der Waals surface area contributed by atoms with Crippen LogP contribution in [0.4, 0.5) is 0 Å². The van der Waals surface area contributed by atoms with Crippen molar-refractivity contribution in [3.8, 4) is 73.3 Å². The number of para-hydroxylation sites is 2. The van der Waals surface area contributed by atoms with Crippen molar-refractivity contribution in [1.29, 1.82) is 0 Å². The maximum atomic E-state index is 6.38. The Labute approximate surface area is 300 Å². The van der Waals surface area contributed by atoms with Gasteiger partial charge in [0.25, 0.3) is 0 Å². The highest BCUT2D eigenvalue weighted by Crippen LogP contribution is 2.46. The molecule has 2 aromatic heterocycles. The Kier molecular flexibility index (Phi) is 7.21. The van der Waals surface area contributed by atoms with Crippen LogP contribution >= 0.6 is 0 Å². The molecule has 0 fully saturated rings. The summed E-state index contributed by atoms with van der Waals surface area (Å²) in [5.74, 6) is 2.77. The quantitative estimate of drug-likeness (QED) is 0.182. The lowest BCUT2D eigenvalue weighted by atomic mass is 9.86. The summed E-state index contributed by atoms with van der Waals surface area (Å²) < 4.78 is 12.6. The second-order valence-electron chi connectivity index (χ2n) is 13.0. The zero-order valence-electron chi connectivity index (χ0n) is 28.2. The van der Waals surface area contributed by atoms with Gasteiger partial charge in [0, 0.05) is 45.0 Å². The fraction of sp³-hybridized carbons (Fsp3) is 0.0426. The molecule has 0 radical (unpaired) electrons. The van der Waals surface area contributed by atoms with Crippen LogP contribution in [0.2, 0.25) is 0 Å². The molecule has 0 bridgehead atoms. The Morgan fingerprint density at radius 3 is 1.85 bits per heavy atom. The smallest absolute Gasteiger partial charge is 0.164 e. The van der Waals surface area contributed by atoms with Crippen molar-refractivity contribution >= 4 is 21.9 Å². The fourth-order valence-electron chi connectivity index (χ4n) is 7.51. The summed E-state index contributed by atoms with van der Waals surface area (Å²) in [5.41, 5.74) is 12.3. The standard InChI is InChI=1S/C47H31N3O2/c1-3-13-30(14-4-1)45-48-46(31-15-5-2-6-16-31)50-47(49-45)39-21-11-19-36(37-20-12-24-42-44(37)38-18-8-10-23-41(38)52-42)43(39)33-25-26-34-32(29-33)27-28-51-40-22-9-7-17-35(34)40/h1-26,29H,27-28H2. The summed E-state index contributed by atoms with van der Waals surface area (Å²) in [7, 11) is 0. The predicted molar refractivity (Wildman–Crippen MR) is 209 cm³/mol. The molecule has 246 valence electrons. The van der Waals surface area contributed by atoms with E-state index >= 15 is 0 Å². The maximum Gasteiger partial charge on any atom is 0.164 e. The summed E-state index contributed by atoms with van der Waals surface area (Å²) in [6.07, 6.45) is 0.791. The fourth-order valence-corrected chi connectivity index (χ4v) is 7.51. The van der Waals surface area contributed by atoms with Gasteiger partial charge in [-0.05, 0) is 46.0 Å². The first-order valence-electron chi connectivity index (χ1n) is 17.5. The maximum absolute atomic E-state index is 6.38. The average molecular weight is 670 g/mol. The van der Waals surface area contributed by atoms with Gasteiger partial charge >= 0.3 is 0 Å². The van der Waals surface area contributed by atoms with E-state index in [1.165, 1.54) is 11.1 Å². The first kappa shape index (κ1) is 30.0. The molecule has 10 rings (SSSR count). The van der Waals surface area contributed by atoms with E-state index in [-0.39, 0.29) is 0 Å². The molecule has 3 heterocycles. The number of nitrogens with zero attached hydrogens (tertiary/aromatic N) is 3. The lowest BCUT2D eigenvalue weighted by Crippen LogP contribution is -2.02. The molecule has 0 saturated heterocycles. The van der Waals surface area contributed by atoms with E-state index in [1.807, 2.05) is 84.9 Å². The molecule has 0 N–H and O–H groups in total. The van der Waals surface area contributed by atoms with E-state index in [1.54, 1.807) is 0 Å². The molecule has 1 aliphatic heterocycles. The lowest BCUT2D eigenvalue weighted by Gasteiger charge is -2.18. The molecule has 5 heteroatoms. The van der Waals surface area contributed by atoms with Crippen LogP contribution in [0, 0.1) is 0 Å². The van der Waals surface area contributed by atoms with Crippen molar-refractivity contribution in [3.63, 3.8) is 0 Å². The minimum Gasteiger partial charge on any atom is -0.493 e. The molecular formula is C47H31N3O2. The minimum absolute atomic E-state index is 0.608. The summed E-state index contributed by atoms with van der Waals surface area (Å²) in [6, 6.07) is 56.4. The number of ether oxygens (including phenoxy) is 1. The molecule has 5 nitrogen and oxygen atoms in total. The van der Waals surface area contributed by atoms with Crippen LogP contribution in [-0.2, 0) is 6.42 Å². The van der Waals surface area contributed by atoms with Crippen molar-refractivity contribution in [1.82, 2.24) is 15.0 Å². The van der Waals surface area contributed by atoms with E-state index in [4.69, 9.17) is 24.1 Å². The van der Waals surface area contributed by atoms with Gasteiger partial charge in [-0.3, -0.25) is 0 Å². The summed E-state index contributed by atoms with van der Waals surface area (Å²) >= 11 is 0. The number of fused-ring (bicyclic) bond motifs is 6. The lowest BCUT2D eigenvalue weighted by molar-refractivity contribution is 0.326. The molecule has 9 aromatic rings. The van der Waals surface area contributed by atoms with Gasteiger partial charge < -0.3 is 9.15 Å². The number of hydrogen-bond acceptors (Lipinski definition) is 5.